The molecule has 0 aromatic carbocycles. The van der Waals surface area contributed by atoms with Gasteiger partial charge in [-0.2, -0.15) is 0 Å². The van der Waals surface area contributed by atoms with Gasteiger partial charge in [0.25, 0.3) is 0 Å². The smallest absolute Gasteiger partial charge is 0.222 e. The molecular formula is C26H37N5O2S. The van der Waals surface area contributed by atoms with Gasteiger partial charge >= 0.3 is 0 Å². The molecule has 34 heavy (non-hydrogen) atoms. The van der Waals surface area contributed by atoms with Gasteiger partial charge in [0.05, 0.1) is 17.2 Å². The van der Waals surface area contributed by atoms with Crippen molar-refractivity contribution in [2.24, 2.45) is 0 Å². The molecular weight excluding hydrogens is 446 g/mol. The molecule has 2 aromatic heterocycles. The molecule has 8 heteroatoms. The Bertz CT molecular complexity index is 1020. The Morgan fingerprint density at radius 2 is 1.97 bits per heavy atom. The Morgan fingerprint density at radius 1 is 1.21 bits per heavy atom. The molecule has 1 amide bonds. The summed E-state index contributed by atoms with van der Waals surface area (Å²) in [6, 6.07) is 1.72. The van der Waals surface area contributed by atoms with Gasteiger partial charge in [-0.3, -0.25) is 9.69 Å². The van der Waals surface area contributed by atoms with Crippen molar-refractivity contribution in [3.05, 3.63) is 33.8 Å². The molecule has 2 aromatic rings. The number of hydrogen-bond donors (Lipinski definition) is 0. The molecule has 3 atom stereocenters. The number of imidazole rings is 1. The van der Waals surface area contributed by atoms with Crippen LogP contribution in [0.4, 0.5) is 0 Å². The summed E-state index contributed by atoms with van der Waals surface area (Å²) in [7, 11) is 0. The number of nitrogens with zero attached hydrogens (tertiary/aromatic N) is 5. The maximum Gasteiger partial charge on any atom is 0.222 e. The van der Waals surface area contributed by atoms with Crippen LogP contribution in [0.15, 0.2) is 11.6 Å². The second-order valence-electron chi connectivity index (χ2n) is 10.4. The predicted octanol–water partition coefficient (Wildman–Crippen LogP) is 4.26. The van der Waals surface area contributed by atoms with Crippen molar-refractivity contribution in [1.82, 2.24) is 24.3 Å². The lowest BCUT2D eigenvalue weighted by Crippen LogP contribution is -2.44. The average molecular weight is 484 g/mol. The van der Waals surface area contributed by atoms with E-state index in [1.54, 1.807) is 18.3 Å². The average Bonchev–Trinajstić information content (AvgIpc) is 3.51. The predicted molar refractivity (Wildman–Crippen MR) is 133 cm³/mol. The van der Waals surface area contributed by atoms with Crippen molar-refractivity contribution in [1.29, 1.82) is 0 Å². The van der Waals surface area contributed by atoms with E-state index in [0.29, 0.717) is 37.5 Å². The van der Waals surface area contributed by atoms with E-state index in [0.717, 1.165) is 42.5 Å². The maximum absolute atomic E-state index is 12.2. The molecule has 0 aliphatic carbocycles. The zero-order valence-corrected chi connectivity index (χ0v) is 21.5. The SMILES string of the molecule is CCC(=O)N1CCc2c(nc(C)n2C2CC3CCC(C2)N3CC[C@H](CC(C)=O)c2nccs2)C1. The van der Waals surface area contributed by atoms with Crippen LogP contribution >= 0.6 is 11.3 Å². The van der Waals surface area contributed by atoms with E-state index in [1.807, 2.05) is 23.4 Å². The molecule has 184 valence electrons. The molecule has 5 heterocycles. The molecule has 0 spiro atoms. The minimum atomic E-state index is 0.227. The van der Waals surface area contributed by atoms with E-state index >= 15 is 0 Å². The number of carbonyl (C=O) groups is 2. The van der Waals surface area contributed by atoms with Crippen LogP contribution in [0.25, 0.3) is 0 Å². The van der Waals surface area contributed by atoms with E-state index in [4.69, 9.17) is 4.98 Å². The molecule has 3 aliphatic rings. The van der Waals surface area contributed by atoms with Crippen molar-refractivity contribution in [3.63, 3.8) is 0 Å². The molecule has 0 saturated carbocycles. The van der Waals surface area contributed by atoms with Crippen molar-refractivity contribution < 1.29 is 9.59 Å². The number of piperidine rings is 1. The Labute approximate surface area is 206 Å². The first-order valence-electron chi connectivity index (χ1n) is 12.9. The van der Waals surface area contributed by atoms with E-state index in [-0.39, 0.29) is 17.6 Å². The normalized spacial score (nSPS) is 25.4. The van der Waals surface area contributed by atoms with Gasteiger partial charge in [-0.1, -0.05) is 6.92 Å². The van der Waals surface area contributed by atoms with Crippen LogP contribution in [0.2, 0.25) is 0 Å². The number of hydrogen-bond acceptors (Lipinski definition) is 6. The second kappa shape index (κ2) is 9.90. The third-order valence-corrected chi connectivity index (χ3v) is 9.12. The number of fused-ring (bicyclic) bond motifs is 3. The van der Waals surface area contributed by atoms with Crippen LogP contribution in [0, 0.1) is 6.92 Å². The van der Waals surface area contributed by atoms with Gasteiger partial charge in [-0.15, -0.1) is 11.3 Å². The van der Waals surface area contributed by atoms with E-state index in [9.17, 15) is 9.59 Å². The zero-order valence-electron chi connectivity index (χ0n) is 20.7. The van der Waals surface area contributed by atoms with Crippen molar-refractivity contribution in [2.45, 2.75) is 103 Å². The van der Waals surface area contributed by atoms with Crippen molar-refractivity contribution >= 4 is 23.0 Å². The van der Waals surface area contributed by atoms with Crippen LogP contribution in [-0.4, -0.2) is 61.2 Å². The summed E-state index contributed by atoms with van der Waals surface area (Å²) in [6.45, 7) is 8.29. The van der Waals surface area contributed by atoms with Crippen LogP contribution in [0.3, 0.4) is 0 Å². The monoisotopic (exact) mass is 483 g/mol. The van der Waals surface area contributed by atoms with Gasteiger partial charge < -0.3 is 14.3 Å². The fraction of sp³-hybridized carbons (Fsp3) is 0.692. The van der Waals surface area contributed by atoms with Gasteiger partial charge in [-0.05, 0) is 52.5 Å². The maximum atomic E-state index is 12.2. The fourth-order valence-electron chi connectivity index (χ4n) is 6.68. The standard InChI is InChI=1S/C26H37N5O2S/c1-4-25(33)29-10-8-24-23(16-29)28-18(3)31(24)22-14-20-5-6-21(15-22)30(20)11-7-19(13-17(2)32)26-27-9-12-34-26/h9,12,19-22H,4-8,10-11,13-16H2,1-3H3/t19-,20?,21?,22?/m1/s1. The number of Topliss-reactive ketones (excluding diaryl/α,β-unsaturated/α-hetero) is 1. The first-order chi connectivity index (χ1) is 16.4. The van der Waals surface area contributed by atoms with E-state index < -0.39 is 0 Å². The molecule has 3 aliphatic heterocycles. The van der Waals surface area contributed by atoms with Gasteiger partial charge in [0.1, 0.15) is 11.6 Å². The second-order valence-corrected chi connectivity index (χ2v) is 11.3. The first-order valence-corrected chi connectivity index (χ1v) is 13.8. The highest BCUT2D eigenvalue weighted by Gasteiger charge is 2.42. The summed E-state index contributed by atoms with van der Waals surface area (Å²) in [6.07, 6.45) is 9.81. The van der Waals surface area contributed by atoms with Gasteiger partial charge in [0.15, 0.2) is 0 Å². The number of ketones is 1. The Hall–Kier alpha value is -2.06. The quantitative estimate of drug-likeness (QED) is 0.561. The van der Waals surface area contributed by atoms with Crippen molar-refractivity contribution in [3.8, 4) is 0 Å². The van der Waals surface area contributed by atoms with Gasteiger partial charge in [-0.25, -0.2) is 9.97 Å². The molecule has 2 bridgehead atoms. The molecule has 2 fully saturated rings. The summed E-state index contributed by atoms with van der Waals surface area (Å²) >= 11 is 1.68. The highest BCUT2D eigenvalue weighted by Crippen LogP contribution is 2.43. The number of aromatic nitrogens is 3. The van der Waals surface area contributed by atoms with Crippen LogP contribution in [0.5, 0.6) is 0 Å². The van der Waals surface area contributed by atoms with E-state index in [1.165, 1.54) is 31.4 Å². The summed E-state index contributed by atoms with van der Waals surface area (Å²) in [4.78, 5) is 38.2. The Balaban J connectivity index is 1.26. The first kappa shape index (κ1) is 23.7. The zero-order chi connectivity index (χ0) is 23.8. The number of thiazole rings is 1. The highest BCUT2D eigenvalue weighted by atomic mass is 32.1. The molecule has 0 N–H and O–H groups in total. The van der Waals surface area contributed by atoms with Crippen LogP contribution in [0.1, 0.15) is 93.0 Å². The summed E-state index contributed by atoms with van der Waals surface area (Å²) in [5.41, 5.74) is 2.47. The minimum Gasteiger partial charge on any atom is -0.336 e. The molecule has 2 saturated heterocycles. The van der Waals surface area contributed by atoms with Crippen LogP contribution < -0.4 is 0 Å². The van der Waals surface area contributed by atoms with Gasteiger partial charge in [0, 0.05) is 67.1 Å². The van der Waals surface area contributed by atoms with E-state index in [2.05, 4.69) is 21.4 Å². The summed E-state index contributed by atoms with van der Waals surface area (Å²) < 4.78 is 2.53. The molecule has 5 rings (SSSR count). The summed E-state index contributed by atoms with van der Waals surface area (Å²) in [5, 5.41) is 3.12. The topological polar surface area (TPSA) is 71.3 Å². The van der Waals surface area contributed by atoms with Crippen LogP contribution in [-0.2, 0) is 22.6 Å². The highest BCUT2D eigenvalue weighted by molar-refractivity contribution is 7.09. The third kappa shape index (κ3) is 4.59. The lowest BCUT2D eigenvalue weighted by atomic mass is 9.94. The minimum absolute atomic E-state index is 0.227. The third-order valence-electron chi connectivity index (χ3n) is 8.18. The van der Waals surface area contributed by atoms with Gasteiger partial charge in [0.2, 0.25) is 5.91 Å². The number of amides is 1. The molecule has 0 radical (unpaired) electrons. The Kier molecular flexibility index (Phi) is 6.89. The molecule has 7 nitrogen and oxygen atoms in total. The molecule has 2 unspecified atom stereocenters. The summed E-state index contributed by atoms with van der Waals surface area (Å²) in [5.74, 6) is 1.83. The number of aryl methyl sites for hydroxylation is 1. The largest absolute Gasteiger partial charge is 0.336 e. The lowest BCUT2D eigenvalue weighted by Gasteiger charge is -2.41. The lowest BCUT2D eigenvalue weighted by molar-refractivity contribution is -0.131. The number of rotatable bonds is 8. The Morgan fingerprint density at radius 3 is 2.62 bits per heavy atom. The van der Waals surface area contributed by atoms with Crippen molar-refractivity contribution in [2.75, 3.05) is 13.1 Å². The fourth-order valence-corrected chi connectivity index (χ4v) is 7.46. The number of carbonyl (C=O) groups excluding carboxylic acids is 2.